The van der Waals surface area contributed by atoms with Crippen molar-refractivity contribution in [2.75, 3.05) is 31.6 Å². The first-order valence-corrected chi connectivity index (χ1v) is 7.99. The van der Waals surface area contributed by atoms with Crippen molar-refractivity contribution in [3.63, 3.8) is 0 Å². The zero-order chi connectivity index (χ0) is 14.9. The molecule has 0 spiro atoms. The number of carbonyl (C=O) groups excluding carboxylic acids is 1. The van der Waals surface area contributed by atoms with E-state index in [1.54, 1.807) is 4.90 Å². The van der Waals surface area contributed by atoms with Crippen LogP contribution in [0.3, 0.4) is 0 Å². The van der Waals surface area contributed by atoms with Gasteiger partial charge in [0.1, 0.15) is 0 Å². The van der Waals surface area contributed by atoms with Gasteiger partial charge in [0.25, 0.3) is 0 Å². The van der Waals surface area contributed by atoms with Gasteiger partial charge in [-0.05, 0) is 30.5 Å². The van der Waals surface area contributed by atoms with Crippen LogP contribution in [0.1, 0.15) is 37.7 Å². The zero-order valence-corrected chi connectivity index (χ0v) is 12.8. The third-order valence-electron chi connectivity index (χ3n) is 5.21. The smallest absolute Gasteiger partial charge is 0.324 e. The van der Waals surface area contributed by atoms with Crippen molar-refractivity contribution in [3.05, 3.63) is 29.8 Å². The predicted molar refractivity (Wildman–Crippen MR) is 85.6 cm³/mol. The van der Waals surface area contributed by atoms with Crippen LogP contribution in [-0.4, -0.2) is 37.6 Å². The Balaban J connectivity index is 1.82. The van der Waals surface area contributed by atoms with Crippen LogP contribution < -0.4 is 10.6 Å². The lowest BCUT2D eigenvalue weighted by atomic mass is 9.69. The van der Waals surface area contributed by atoms with E-state index in [4.69, 9.17) is 5.73 Å². The third-order valence-corrected chi connectivity index (χ3v) is 5.21. The molecule has 1 aliphatic heterocycles. The minimum absolute atomic E-state index is 0.0916. The molecule has 114 valence electrons. The van der Waals surface area contributed by atoms with Gasteiger partial charge in [0.05, 0.1) is 0 Å². The molecule has 2 aliphatic rings. The van der Waals surface area contributed by atoms with Gasteiger partial charge in [-0.2, -0.15) is 0 Å². The van der Waals surface area contributed by atoms with Gasteiger partial charge in [0, 0.05) is 37.8 Å². The van der Waals surface area contributed by atoms with E-state index in [1.165, 1.54) is 37.7 Å². The zero-order valence-electron chi connectivity index (χ0n) is 12.8. The summed E-state index contributed by atoms with van der Waals surface area (Å²) in [5.41, 5.74) is 8.59. The van der Waals surface area contributed by atoms with Crippen molar-refractivity contribution in [1.82, 2.24) is 4.90 Å². The molecule has 2 N–H and O–H groups in total. The first kappa shape index (κ1) is 14.4. The Morgan fingerprint density at radius 1 is 1.10 bits per heavy atom. The highest BCUT2D eigenvalue weighted by Gasteiger charge is 2.33. The molecular formula is C17H25N3O. The number of hydrogen-bond acceptors (Lipinski definition) is 2. The van der Waals surface area contributed by atoms with Crippen molar-refractivity contribution in [2.45, 2.75) is 37.5 Å². The number of nitrogens with two attached hydrogens (primary N) is 1. The van der Waals surface area contributed by atoms with Gasteiger partial charge in [-0.15, -0.1) is 0 Å². The number of rotatable bonds is 3. The third kappa shape index (κ3) is 2.53. The van der Waals surface area contributed by atoms with E-state index < -0.39 is 0 Å². The topological polar surface area (TPSA) is 49.6 Å². The van der Waals surface area contributed by atoms with E-state index in [2.05, 4.69) is 24.3 Å². The molecule has 21 heavy (non-hydrogen) atoms. The van der Waals surface area contributed by atoms with Crippen molar-refractivity contribution >= 4 is 11.7 Å². The molecule has 0 radical (unpaired) electrons. The molecule has 1 aromatic rings. The average Bonchev–Trinajstić information content (AvgIpc) is 2.88. The molecule has 1 saturated carbocycles. The Kier molecular flexibility index (Phi) is 3.89. The summed E-state index contributed by atoms with van der Waals surface area (Å²) in [7, 11) is 1.85. The largest absolute Gasteiger partial charge is 0.330 e. The monoisotopic (exact) mass is 287 g/mol. The van der Waals surface area contributed by atoms with E-state index in [1.807, 2.05) is 11.9 Å². The molecule has 0 atom stereocenters. The number of carbonyl (C=O) groups is 1. The summed E-state index contributed by atoms with van der Waals surface area (Å²) in [5.74, 6) is 0. The van der Waals surface area contributed by atoms with Gasteiger partial charge in [-0.3, -0.25) is 4.90 Å². The lowest BCUT2D eigenvalue weighted by Gasteiger charge is -2.37. The van der Waals surface area contributed by atoms with Crippen LogP contribution in [0.25, 0.3) is 0 Å². The summed E-state index contributed by atoms with van der Waals surface area (Å²) in [4.78, 5) is 15.7. The predicted octanol–water partition coefficient (Wildman–Crippen LogP) is 2.72. The maximum absolute atomic E-state index is 12.0. The molecule has 1 aromatic carbocycles. The number of amides is 2. The number of benzene rings is 1. The van der Waals surface area contributed by atoms with Crippen LogP contribution in [0.15, 0.2) is 24.3 Å². The van der Waals surface area contributed by atoms with Gasteiger partial charge in [-0.1, -0.05) is 31.4 Å². The number of anilines is 1. The van der Waals surface area contributed by atoms with Crippen LogP contribution >= 0.6 is 0 Å². The van der Waals surface area contributed by atoms with Gasteiger partial charge < -0.3 is 10.6 Å². The van der Waals surface area contributed by atoms with E-state index in [0.29, 0.717) is 0 Å². The van der Waals surface area contributed by atoms with E-state index in [-0.39, 0.29) is 11.4 Å². The molecule has 0 bridgehead atoms. The molecule has 2 amide bonds. The van der Waals surface area contributed by atoms with Crippen molar-refractivity contribution < 1.29 is 4.79 Å². The molecule has 4 nitrogen and oxygen atoms in total. The number of nitrogens with zero attached hydrogens (tertiary/aromatic N) is 2. The van der Waals surface area contributed by atoms with Gasteiger partial charge in [-0.25, -0.2) is 4.79 Å². The van der Waals surface area contributed by atoms with Crippen molar-refractivity contribution in [3.8, 4) is 0 Å². The SMILES string of the molecule is CN1CCN(c2ccc(C3(CN)CCCCC3)cc2)C1=O. The molecule has 4 heteroatoms. The Morgan fingerprint density at radius 3 is 2.29 bits per heavy atom. The Morgan fingerprint density at radius 2 is 1.76 bits per heavy atom. The normalized spacial score (nSPS) is 21.9. The molecule has 0 aromatic heterocycles. The average molecular weight is 287 g/mol. The molecule has 1 saturated heterocycles. The number of likely N-dealkylation sites (N-methyl/N-ethyl adjacent to an activating group) is 1. The standard InChI is InChI=1S/C17H25N3O/c1-19-11-12-20(16(19)21)15-7-5-14(6-8-15)17(13-18)9-3-2-4-10-17/h5-8H,2-4,9-13,18H2,1H3. The maximum atomic E-state index is 12.0. The highest BCUT2D eigenvalue weighted by Crippen LogP contribution is 2.39. The Labute approximate surface area is 126 Å². The van der Waals surface area contributed by atoms with E-state index in [9.17, 15) is 4.79 Å². The lowest BCUT2D eigenvalue weighted by molar-refractivity contribution is 0.229. The molecule has 3 rings (SSSR count). The van der Waals surface area contributed by atoms with Crippen LogP contribution in [-0.2, 0) is 5.41 Å². The summed E-state index contributed by atoms with van der Waals surface area (Å²) < 4.78 is 0. The summed E-state index contributed by atoms with van der Waals surface area (Å²) in [6.45, 7) is 2.29. The summed E-state index contributed by atoms with van der Waals surface area (Å²) in [6.07, 6.45) is 6.25. The van der Waals surface area contributed by atoms with Crippen molar-refractivity contribution in [1.29, 1.82) is 0 Å². The summed E-state index contributed by atoms with van der Waals surface area (Å²) in [5, 5.41) is 0. The fourth-order valence-corrected chi connectivity index (χ4v) is 3.72. The van der Waals surface area contributed by atoms with Gasteiger partial charge in [0.15, 0.2) is 0 Å². The van der Waals surface area contributed by atoms with Gasteiger partial charge >= 0.3 is 6.03 Å². The highest BCUT2D eigenvalue weighted by atomic mass is 16.2. The Hall–Kier alpha value is -1.55. The highest BCUT2D eigenvalue weighted by molar-refractivity contribution is 5.93. The first-order chi connectivity index (χ1) is 10.2. The van der Waals surface area contributed by atoms with Crippen LogP contribution in [0, 0.1) is 0 Å². The Bertz CT molecular complexity index is 505. The van der Waals surface area contributed by atoms with Crippen molar-refractivity contribution in [2.24, 2.45) is 5.73 Å². The summed E-state index contributed by atoms with van der Waals surface area (Å²) >= 11 is 0. The molecular weight excluding hydrogens is 262 g/mol. The second kappa shape index (κ2) is 5.68. The lowest BCUT2D eigenvalue weighted by Crippen LogP contribution is -2.37. The van der Waals surface area contributed by atoms with Crippen LogP contribution in [0.5, 0.6) is 0 Å². The van der Waals surface area contributed by atoms with Crippen LogP contribution in [0.2, 0.25) is 0 Å². The second-order valence-electron chi connectivity index (χ2n) is 6.45. The number of hydrogen-bond donors (Lipinski definition) is 1. The molecule has 0 unspecified atom stereocenters. The second-order valence-corrected chi connectivity index (χ2v) is 6.45. The molecule has 1 heterocycles. The first-order valence-electron chi connectivity index (χ1n) is 7.99. The summed E-state index contributed by atoms with van der Waals surface area (Å²) in [6, 6.07) is 8.61. The quantitative estimate of drug-likeness (QED) is 0.929. The molecule has 1 aliphatic carbocycles. The minimum atomic E-state index is 0.0916. The van der Waals surface area contributed by atoms with Crippen LogP contribution in [0.4, 0.5) is 10.5 Å². The fourth-order valence-electron chi connectivity index (χ4n) is 3.72. The maximum Gasteiger partial charge on any atom is 0.324 e. The van der Waals surface area contributed by atoms with E-state index in [0.717, 1.165) is 25.3 Å². The van der Waals surface area contributed by atoms with Gasteiger partial charge in [0.2, 0.25) is 0 Å². The fraction of sp³-hybridized carbons (Fsp3) is 0.588. The molecule has 2 fully saturated rings. The number of urea groups is 1. The van der Waals surface area contributed by atoms with E-state index >= 15 is 0 Å². The minimum Gasteiger partial charge on any atom is -0.330 e.